The molecule has 0 aliphatic carbocycles. The second kappa shape index (κ2) is 11.0. The Morgan fingerprint density at radius 1 is 1.12 bits per heavy atom. The Morgan fingerprint density at radius 3 is 2.26 bits per heavy atom. The number of nitrogens with zero attached hydrogens (tertiary/aromatic N) is 4. The van der Waals surface area contributed by atoms with Gasteiger partial charge >= 0.3 is 0 Å². The van der Waals surface area contributed by atoms with Crippen LogP contribution in [0.4, 0.5) is 0 Å². The van der Waals surface area contributed by atoms with E-state index in [1.165, 1.54) is 0 Å². The molecule has 2 aliphatic heterocycles. The van der Waals surface area contributed by atoms with Gasteiger partial charge in [0.2, 0.25) is 14.6 Å². The van der Waals surface area contributed by atoms with E-state index in [2.05, 4.69) is 51.6 Å². The lowest BCUT2D eigenvalue weighted by molar-refractivity contribution is -0.784. The Kier molecular flexibility index (Phi) is 8.55. The average molecular weight is 495 g/mol. The van der Waals surface area contributed by atoms with Crippen LogP contribution in [0.1, 0.15) is 53.4 Å². The standard InChI is InChI=1S/C22H34N4O7Si/c1-13(2)34(14(3)4,15(5)6)33-20-18(24-25-23)22(32-26(27)28)30-17-12-29-21(31-19(17)20)16-10-8-7-9-11-16/h7-11,13-15,17-22H,12H2,1-6H3/t17-,18+,19-,20-,21?,22?/m1/s1. The zero-order valence-electron chi connectivity index (χ0n) is 20.4. The van der Waals surface area contributed by atoms with Gasteiger partial charge in [0.1, 0.15) is 18.2 Å². The SMILES string of the molecule is CC(C)[Si](O[C@H]1[C@@H]2OC(c3ccccc3)OC[C@H]2OC(O[N+](=O)[O-])[C@H]1N=[N+]=[N-])(C(C)C)C(C)C. The quantitative estimate of drug-likeness (QED) is 0.114. The number of fused-ring (bicyclic) bond motifs is 1. The molecule has 1 aromatic carbocycles. The minimum atomic E-state index is -2.52. The highest BCUT2D eigenvalue weighted by molar-refractivity contribution is 6.77. The number of rotatable bonds is 9. The van der Waals surface area contributed by atoms with Crippen LogP contribution in [0.2, 0.25) is 16.6 Å². The highest BCUT2D eigenvalue weighted by Gasteiger charge is 2.56. The Hall–Kier alpha value is -2.21. The Balaban J connectivity index is 2.05. The third kappa shape index (κ3) is 5.22. The molecule has 0 amide bonds. The molecule has 34 heavy (non-hydrogen) atoms. The molecule has 12 heteroatoms. The summed E-state index contributed by atoms with van der Waals surface area (Å²) in [5.41, 5.74) is 10.8. The summed E-state index contributed by atoms with van der Waals surface area (Å²) in [6, 6.07) is 8.34. The molecule has 2 unspecified atom stereocenters. The summed E-state index contributed by atoms with van der Waals surface area (Å²) in [5, 5.41) is 14.1. The predicted octanol–water partition coefficient (Wildman–Crippen LogP) is 5.27. The van der Waals surface area contributed by atoms with Gasteiger partial charge in [0.05, 0.1) is 12.7 Å². The van der Waals surface area contributed by atoms with Crippen LogP contribution in [0.3, 0.4) is 0 Å². The Labute approximate surface area is 200 Å². The van der Waals surface area contributed by atoms with E-state index in [0.29, 0.717) is 0 Å². The normalized spacial score (nSPS) is 29.6. The van der Waals surface area contributed by atoms with E-state index in [1.807, 2.05) is 30.3 Å². The van der Waals surface area contributed by atoms with E-state index in [1.54, 1.807) is 0 Å². The van der Waals surface area contributed by atoms with Crippen molar-refractivity contribution < 1.29 is 28.6 Å². The fourth-order valence-corrected chi connectivity index (χ4v) is 11.0. The first-order chi connectivity index (χ1) is 16.1. The fourth-order valence-electron chi connectivity index (χ4n) is 5.47. The van der Waals surface area contributed by atoms with E-state index in [4.69, 9.17) is 23.5 Å². The van der Waals surface area contributed by atoms with E-state index in [0.717, 1.165) is 5.56 Å². The van der Waals surface area contributed by atoms with Crippen LogP contribution in [0.25, 0.3) is 10.4 Å². The lowest BCUT2D eigenvalue weighted by Gasteiger charge is -2.52. The molecule has 0 saturated carbocycles. The molecular formula is C22H34N4O7Si. The highest BCUT2D eigenvalue weighted by Crippen LogP contribution is 2.46. The van der Waals surface area contributed by atoms with Crippen molar-refractivity contribution in [1.29, 1.82) is 0 Å². The maximum Gasteiger partial charge on any atom is 0.297 e. The summed E-state index contributed by atoms with van der Waals surface area (Å²) in [5.74, 6) is 0. The van der Waals surface area contributed by atoms with Gasteiger partial charge in [-0.1, -0.05) is 77.0 Å². The van der Waals surface area contributed by atoms with E-state index in [-0.39, 0.29) is 23.2 Å². The number of benzene rings is 1. The Morgan fingerprint density at radius 2 is 1.74 bits per heavy atom. The second-order valence-corrected chi connectivity index (χ2v) is 15.1. The average Bonchev–Trinajstić information content (AvgIpc) is 2.78. The molecule has 0 aromatic heterocycles. The summed E-state index contributed by atoms with van der Waals surface area (Å²) < 4.78 is 25.1. The van der Waals surface area contributed by atoms with Gasteiger partial charge < -0.3 is 18.6 Å². The first-order valence-electron chi connectivity index (χ1n) is 11.6. The van der Waals surface area contributed by atoms with E-state index in [9.17, 15) is 15.6 Å². The summed E-state index contributed by atoms with van der Waals surface area (Å²) in [6.07, 6.45) is -4.29. The van der Waals surface area contributed by atoms with Crippen molar-refractivity contribution in [1.82, 2.24) is 0 Å². The number of hydrogen-bond acceptors (Lipinski definition) is 8. The molecule has 0 bridgehead atoms. The fraction of sp³-hybridized carbons (Fsp3) is 0.727. The first kappa shape index (κ1) is 26.4. The molecular weight excluding hydrogens is 460 g/mol. The van der Waals surface area contributed by atoms with Gasteiger partial charge in [-0.05, 0) is 22.2 Å². The molecule has 188 valence electrons. The van der Waals surface area contributed by atoms with Crippen molar-refractivity contribution >= 4 is 8.32 Å². The smallest absolute Gasteiger partial charge is 0.297 e. The Bertz CT molecular complexity index is 859. The summed E-state index contributed by atoms with van der Waals surface area (Å²) in [4.78, 5) is 18.9. The summed E-state index contributed by atoms with van der Waals surface area (Å²) in [7, 11) is -2.52. The molecule has 2 heterocycles. The molecule has 1 aromatic rings. The van der Waals surface area contributed by atoms with Crippen LogP contribution < -0.4 is 0 Å². The van der Waals surface area contributed by atoms with Crippen molar-refractivity contribution in [2.75, 3.05) is 6.61 Å². The second-order valence-electron chi connectivity index (χ2n) is 9.64. The third-order valence-corrected chi connectivity index (χ3v) is 12.9. The number of hydrogen-bond donors (Lipinski definition) is 0. The lowest BCUT2D eigenvalue weighted by Crippen LogP contribution is -2.66. The van der Waals surface area contributed by atoms with E-state index >= 15 is 0 Å². The summed E-state index contributed by atoms with van der Waals surface area (Å²) in [6.45, 7) is 12.9. The van der Waals surface area contributed by atoms with Crippen molar-refractivity contribution in [2.24, 2.45) is 5.11 Å². The van der Waals surface area contributed by atoms with Crippen molar-refractivity contribution in [3.8, 4) is 0 Å². The minimum Gasteiger partial charge on any atom is -0.410 e. The summed E-state index contributed by atoms with van der Waals surface area (Å²) >= 11 is 0. The van der Waals surface area contributed by atoms with Crippen LogP contribution in [-0.4, -0.2) is 50.7 Å². The van der Waals surface area contributed by atoms with Crippen molar-refractivity contribution in [2.45, 2.75) is 95.1 Å². The zero-order valence-corrected chi connectivity index (χ0v) is 21.4. The molecule has 0 radical (unpaired) electrons. The monoisotopic (exact) mass is 494 g/mol. The molecule has 2 aliphatic rings. The van der Waals surface area contributed by atoms with Crippen LogP contribution in [0, 0.1) is 10.1 Å². The molecule has 2 saturated heterocycles. The van der Waals surface area contributed by atoms with Gasteiger partial charge in [0.25, 0.3) is 5.09 Å². The van der Waals surface area contributed by atoms with Crippen LogP contribution in [0.15, 0.2) is 35.4 Å². The van der Waals surface area contributed by atoms with E-state index < -0.39 is 50.3 Å². The van der Waals surface area contributed by atoms with Gasteiger partial charge in [-0.15, -0.1) is 10.1 Å². The number of ether oxygens (including phenoxy) is 3. The van der Waals surface area contributed by atoms with Crippen molar-refractivity contribution in [3.05, 3.63) is 56.5 Å². The molecule has 0 spiro atoms. The highest BCUT2D eigenvalue weighted by atomic mass is 28.4. The molecule has 3 rings (SSSR count). The van der Waals surface area contributed by atoms with Crippen LogP contribution >= 0.6 is 0 Å². The van der Waals surface area contributed by atoms with Crippen LogP contribution in [-0.2, 0) is 23.5 Å². The molecule has 2 fully saturated rings. The van der Waals surface area contributed by atoms with Gasteiger partial charge in [-0.25, -0.2) is 0 Å². The molecule has 6 atom stereocenters. The minimum absolute atomic E-state index is 0.115. The first-order valence-corrected chi connectivity index (χ1v) is 13.8. The van der Waals surface area contributed by atoms with Crippen molar-refractivity contribution in [3.63, 3.8) is 0 Å². The lowest BCUT2D eigenvalue weighted by atomic mass is 9.96. The zero-order chi connectivity index (χ0) is 25.0. The molecule has 11 nitrogen and oxygen atoms in total. The maximum absolute atomic E-state index is 11.2. The van der Waals surface area contributed by atoms with Gasteiger partial charge in [-0.3, -0.25) is 4.84 Å². The van der Waals surface area contributed by atoms with Gasteiger partial charge in [0.15, 0.2) is 6.29 Å². The van der Waals surface area contributed by atoms with Gasteiger partial charge in [0, 0.05) is 10.5 Å². The maximum atomic E-state index is 11.2. The van der Waals surface area contributed by atoms with Crippen LogP contribution in [0.5, 0.6) is 0 Å². The largest absolute Gasteiger partial charge is 0.410 e. The third-order valence-electron chi connectivity index (χ3n) is 6.80. The topological polar surface area (TPSA) is 138 Å². The predicted molar refractivity (Wildman–Crippen MR) is 126 cm³/mol. The van der Waals surface area contributed by atoms with Gasteiger partial charge in [-0.2, -0.15) is 0 Å². The molecule has 0 N–H and O–H groups in total. The number of azide groups is 1.